The molecule has 5 heteroatoms. The van der Waals surface area contributed by atoms with Crippen LogP contribution in [0.4, 0.5) is 0 Å². The van der Waals surface area contributed by atoms with Crippen molar-refractivity contribution in [1.82, 2.24) is 0 Å². The summed E-state index contributed by atoms with van der Waals surface area (Å²) in [5, 5.41) is 35.1. The Balaban J connectivity index is 4.44. The first-order chi connectivity index (χ1) is 5.68. The first-order valence-electron chi connectivity index (χ1n) is 3.94. The minimum Gasteiger partial charge on any atom is -0.385 e. The molecule has 0 saturated carbocycles. The zero-order valence-corrected chi connectivity index (χ0v) is 7.93. The molecule has 2 atom stereocenters. The third-order valence-corrected chi connectivity index (χ3v) is 1.64. The van der Waals surface area contributed by atoms with E-state index in [-0.39, 0.29) is 0 Å². The Hall–Kier alpha value is -0.490. The number of hydrogen-bond acceptors (Lipinski definition) is 5. The largest absolute Gasteiger partial charge is 0.385 e. The van der Waals surface area contributed by atoms with E-state index in [1.165, 1.54) is 0 Å². The normalized spacial score (nSPS) is 17.2. The summed E-state index contributed by atoms with van der Waals surface area (Å²) in [7, 11) is 0. The summed E-state index contributed by atoms with van der Waals surface area (Å²) in [6, 6.07) is 0. The fraction of sp³-hybridized carbons (Fsp3) is 0.875. The molecule has 0 aromatic rings. The highest BCUT2D eigenvalue weighted by molar-refractivity contribution is 5.88. The van der Waals surface area contributed by atoms with Crippen LogP contribution in [0.15, 0.2) is 0 Å². The second-order valence-corrected chi connectivity index (χ2v) is 3.96. The summed E-state index contributed by atoms with van der Waals surface area (Å²) in [4.78, 5) is 11.3. The maximum absolute atomic E-state index is 11.3. The second kappa shape index (κ2) is 4.15. The Morgan fingerprint density at radius 3 is 1.69 bits per heavy atom. The molecular formula is C8H16O5. The van der Waals surface area contributed by atoms with Gasteiger partial charge < -0.3 is 20.4 Å². The molecule has 0 rings (SSSR count). The van der Waals surface area contributed by atoms with Gasteiger partial charge in [0.15, 0.2) is 12.1 Å². The molecule has 0 heterocycles. The highest BCUT2D eigenvalue weighted by Crippen LogP contribution is 2.18. The lowest BCUT2D eigenvalue weighted by molar-refractivity contribution is -0.172. The van der Waals surface area contributed by atoms with Crippen molar-refractivity contribution < 1.29 is 25.2 Å². The Bertz CT molecular complexity index is 181. The van der Waals surface area contributed by atoms with E-state index in [1.54, 1.807) is 20.8 Å². The number of carbonyl (C=O) groups is 1. The molecule has 0 spiro atoms. The molecule has 2 unspecified atom stereocenters. The molecule has 0 aromatic heterocycles. The molecule has 0 aliphatic rings. The standard InChI is InChI=1S/C8H16O5/c1-8(2,3)6(11)4(9)5(10)7(12)13/h4-5,7,9-10,12-13H,1-3H3. The van der Waals surface area contributed by atoms with Gasteiger partial charge in [-0.05, 0) is 0 Å². The van der Waals surface area contributed by atoms with E-state index in [4.69, 9.17) is 15.3 Å². The summed E-state index contributed by atoms with van der Waals surface area (Å²) in [6.45, 7) is 4.69. The lowest BCUT2D eigenvalue weighted by atomic mass is 9.86. The number of Topliss-reactive ketones (excluding diaryl/α,β-unsaturated/α-hetero) is 1. The summed E-state index contributed by atoms with van der Waals surface area (Å²) >= 11 is 0. The maximum Gasteiger partial charge on any atom is 0.181 e. The van der Waals surface area contributed by atoms with Crippen LogP contribution < -0.4 is 0 Å². The van der Waals surface area contributed by atoms with Crippen LogP contribution in [0.25, 0.3) is 0 Å². The minimum atomic E-state index is -2.11. The van der Waals surface area contributed by atoms with E-state index < -0.39 is 29.7 Å². The van der Waals surface area contributed by atoms with Gasteiger partial charge in [0, 0.05) is 5.41 Å². The molecule has 0 aromatic carbocycles. The molecule has 78 valence electrons. The smallest absolute Gasteiger partial charge is 0.181 e. The van der Waals surface area contributed by atoms with Gasteiger partial charge in [0.1, 0.15) is 12.2 Å². The monoisotopic (exact) mass is 192 g/mol. The van der Waals surface area contributed by atoms with Crippen molar-refractivity contribution in [3.05, 3.63) is 0 Å². The van der Waals surface area contributed by atoms with E-state index in [1.807, 2.05) is 0 Å². The van der Waals surface area contributed by atoms with E-state index in [9.17, 15) is 9.90 Å². The fourth-order valence-corrected chi connectivity index (χ4v) is 0.762. The first kappa shape index (κ1) is 12.5. The number of carbonyl (C=O) groups excluding carboxylic acids is 1. The molecular weight excluding hydrogens is 176 g/mol. The number of hydrogen-bond donors (Lipinski definition) is 4. The summed E-state index contributed by atoms with van der Waals surface area (Å²) in [5.41, 5.74) is -0.824. The van der Waals surface area contributed by atoms with Crippen LogP contribution in [-0.2, 0) is 4.79 Å². The van der Waals surface area contributed by atoms with Gasteiger partial charge in [0.2, 0.25) is 0 Å². The SMILES string of the molecule is CC(C)(C)C(=O)C(O)C(O)C(O)O. The van der Waals surface area contributed by atoms with Crippen LogP contribution in [0, 0.1) is 5.41 Å². The van der Waals surface area contributed by atoms with Crippen molar-refractivity contribution in [3.63, 3.8) is 0 Å². The topological polar surface area (TPSA) is 98.0 Å². The van der Waals surface area contributed by atoms with Crippen LogP contribution >= 0.6 is 0 Å². The van der Waals surface area contributed by atoms with E-state index in [0.717, 1.165) is 0 Å². The predicted octanol–water partition coefficient (Wildman–Crippen LogP) is -1.37. The van der Waals surface area contributed by atoms with Crippen molar-refractivity contribution in [3.8, 4) is 0 Å². The van der Waals surface area contributed by atoms with Gasteiger partial charge in [0.25, 0.3) is 0 Å². The van der Waals surface area contributed by atoms with Crippen molar-refractivity contribution in [1.29, 1.82) is 0 Å². The fourth-order valence-electron chi connectivity index (χ4n) is 0.762. The quantitative estimate of drug-likeness (QED) is 0.414. The van der Waals surface area contributed by atoms with Crippen molar-refractivity contribution >= 4 is 5.78 Å². The Morgan fingerprint density at radius 1 is 1.08 bits per heavy atom. The number of ketones is 1. The van der Waals surface area contributed by atoms with E-state index in [2.05, 4.69) is 0 Å². The Morgan fingerprint density at radius 2 is 1.46 bits per heavy atom. The molecule has 0 fully saturated rings. The third-order valence-electron chi connectivity index (χ3n) is 1.64. The zero-order valence-electron chi connectivity index (χ0n) is 7.93. The average Bonchev–Trinajstić information content (AvgIpc) is 1.98. The van der Waals surface area contributed by atoms with Crippen LogP contribution in [0.1, 0.15) is 20.8 Å². The summed E-state index contributed by atoms with van der Waals surface area (Å²) in [5.74, 6) is -0.631. The second-order valence-electron chi connectivity index (χ2n) is 3.96. The van der Waals surface area contributed by atoms with Gasteiger partial charge in [-0.25, -0.2) is 0 Å². The molecule has 0 radical (unpaired) electrons. The van der Waals surface area contributed by atoms with Gasteiger partial charge in [-0.3, -0.25) is 4.79 Å². The predicted molar refractivity (Wildman–Crippen MR) is 44.7 cm³/mol. The average molecular weight is 192 g/mol. The van der Waals surface area contributed by atoms with Gasteiger partial charge in [-0.1, -0.05) is 20.8 Å². The maximum atomic E-state index is 11.3. The van der Waals surface area contributed by atoms with Crippen LogP contribution in [-0.4, -0.2) is 44.7 Å². The Kier molecular flexibility index (Phi) is 3.99. The van der Waals surface area contributed by atoms with Crippen LogP contribution in [0.2, 0.25) is 0 Å². The molecule has 13 heavy (non-hydrogen) atoms. The van der Waals surface area contributed by atoms with E-state index >= 15 is 0 Å². The number of rotatable bonds is 3. The van der Waals surface area contributed by atoms with Gasteiger partial charge in [-0.15, -0.1) is 0 Å². The molecule has 0 aliphatic carbocycles. The van der Waals surface area contributed by atoms with E-state index in [0.29, 0.717) is 0 Å². The van der Waals surface area contributed by atoms with Gasteiger partial charge in [0.05, 0.1) is 0 Å². The molecule has 0 aliphatic heterocycles. The Labute approximate surface area is 76.6 Å². The van der Waals surface area contributed by atoms with Crippen molar-refractivity contribution in [2.24, 2.45) is 5.41 Å². The third kappa shape index (κ3) is 3.40. The van der Waals surface area contributed by atoms with Crippen molar-refractivity contribution in [2.45, 2.75) is 39.3 Å². The minimum absolute atomic E-state index is 0.631. The zero-order chi connectivity index (χ0) is 10.8. The summed E-state index contributed by atoms with van der Waals surface area (Å²) < 4.78 is 0. The lowest BCUT2D eigenvalue weighted by Gasteiger charge is -2.24. The number of aliphatic hydroxyl groups is 4. The molecule has 0 bridgehead atoms. The lowest BCUT2D eigenvalue weighted by Crippen LogP contribution is -2.46. The molecule has 0 amide bonds. The van der Waals surface area contributed by atoms with Crippen LogP contribution in [0.3, 0.4) is 0 Å². The highest BCUT2D eigenvalue weighted by Gasteiger charge is 2.35. The molecule has 5 nitrogen and oxygen atoms in total. The summed E-state index contributed by atoms with van der Waals surface area (Å²) in [6.07, 6.45) is -5.73. The molecule has 4 N–H and O–H groups in total. The number of aliphatic hydroxyl groups excluding tert-OH is 3. The van der Waals surface area contributed by atoms with Crippen molar-refractivity contribution in [2.75, 3.05) is 0 Å². The van der Waals surface area contributed by atoms with Gasteiger partial charge >= 0.3 is 0 Å². The van der Waals surface area contributed by atoms with Gasteiger partial charge in [-0.2, -0.15) is 0 Å². The highest BCUT2D eigenvalue weighted by atomic mass is 16.5. The molecule has 0 saturated heterocycles. The van der Waals surface area contributed by atoms with Crippen LogP contribution in [0.5, 0.6) is 0 Å². The first-order valence-corrected chi connectivity index (χ1v) is 3.94.